The smallest absolute Gasteiger partial charge is 0.108 e. The largest absolute Gasteiger partial charge is 0.389 e. The predicted octanol–water partition coefficient (Wildman–Crippen LogP) is 1.93. The Labute approximate surface area is 147 Å². The van der Waals surface area contributed by atoms with Crippen LogP contribution in [0.25, 0.3) is 0 Å². The first-order chi connectivity index (χ1) is 11.5. The molecule has 2 rings (SSSR count). The molecule has 0 spiro atoms. The maximum Gasteiger partial charge on any atom is 0.108 e. The van der Waals surface area contributed by atoms with Gasteiger partial charge in [0.15, 0.2) is 0 Å². The molecule has 1 heterocycles. The van der Waals surface area contributed by atoms with Gasteiger partial charge in [0.05, 0.1) is 18.3 Å². The fourth-order valence-corrected chi connectivity index (χ4v) is 3.96. The number of rotatable bonds is 8. The molecular weight excluding hydrogens is 306 g/mol. The number of nitrogens with zero attached hydrogens (tertiary/aromatic N) is 1. The van der Waals surface area contributed by atoms with Crippen LogP contribution in [0, 0.1) is 5.92 Å². The summed E-state index contributed by atoms with van der Waals surface area (Å²) >= 11 is 0. The Bertz CT molecular complexity index is 346. The third-order valence-electron chi connectivity index (χ3n) is 5.89. The van der Waals surface area contributed by atoms with Crippen LogP contribution < -0.4 is 0 Å². The van der Waals surface area contributed by atoms with E-state index in [1.807, 2.05) is 6.92 Å². The lowest BCUT2D eigenvalue weighted by Crippen LogP contribution is -2.60. The summed E-state index contributed by atoms with van der Waals surface area (Å²) < 4.78 is 5.98. The minimum atomic E-state index is -1.02. The lowest BCUT2D eigenvalue weighted by Gasteiger charge is -2.42. The molecular formula is C19H37NO4. The molecule has 4 unspecified atom stereocenters. The van der Waals surface area contributed by atoms with Crippen molar-refractivity contribution in [2.24, 2.45) is 5.92 Å². The SMILES string of the molecule is CC1CCC(OCCCCCCN2CC(O)C(O)C(O)C2C)CC1. The van der Waals surface area contributed by atoms with Gasteiger partial charge < -0.3 is 20.1 Å². The zero-order valence-electron chi connectivity index (χ0n) is 15.4. The fourth-order valence-electron chi connectivity index (χ4n) is 3.96. The van der Waals surface area contributed by atoms with Gasteiger partial charge >= 0.3 is 0 Å². The average Bonchev–Trinajstić information content (AvgIpc) is 2.58. The van der Waals surface area contributed by atoms with E-state index in [2.05, 4.69) is 11.8 Å². The second kappa shape index (κ2) is 10.1. The summed E-state index contributed by atoms with van der Waals surface area (Å²) in [6.07, 6.45) is 7.32. The summed E-state index contributed by atoms with van der Waals surface area (Å²) in [5.41, 5.74) is 0. The molecule has 4 atom stereocenters. The minimum Gasteiger partial charge on any atom is -0.389 e. The lowest BCUT2D eigenvalue weighted by atomic mass is 9.89. The second-order valence-corrected chi connectivity index (χ2v) is 7.95. The Kier molecular flexibility index (Phi) is 8.44. The summed E-state index contributed by atoms with van der Waals surface area (Å²) in [6.45, 7) is 6.44. The highest BCUT2D eigenvalue weighted by Crippen LogP contribution is 2.25. The summed E-state index contributed by atoms with van der Waals surface area (Å²) in [7, 11) is 0. The van der Waals surface area contributed by atoms with Crippen LogP contribution in [0.4, 0.5) is 0 Å². The number of aliphatic hydroxyl groups excluding tert-OH is 3. The molecule has 1 aliphatic heterocycles. The van der Waals surface area contributed by atoms with Crippen molar-refractivity contribution in [3.05, 3.63) is 0 Å². The monoisotopic (exact) mass is 343 g/mol. The second-order valence-electron chi connectivity index (χ2n) is 7.95. The van der Waals surface area contributed by atoms with E-state index < -0.39 is 18.3 Å². The highest BCUT2D eigenvalue weighted by molar-refractivity contribution is 4.92. The van der Waals surface area contributed by atoms with Crippen LogP contribution in [0.5, 0.6) is 0 Å². The molecule has 5 nitrogen and oxygen atoms in total. The van der Waals surface area contributed by atoms with Gasteiger partial charge in [-0.25, -0.2) is 0 Å². The van der Waals surface area contributed by atoms with Crippen molar-refractivity contribution in [2.45, 2.75) is 95.7 Å². The van der Waals surface area contributed by atoms with Crippen LogP contribution in [0.3, 0.4) is 0 Å². The van der Waals surface area contributed by atoms with Gasteiger partial charge in [0.1, 0.15) is 6.10 Å². The van der Waals surface area contributed by atoms with Gasteiger partial charge in [0, 0.05) is 19.2 Å². The summed E-state index contributed by atoms with van der Waals surface area (Å²) in [6, 6.07) is -0.0968. The van der Waals surface area contributed by atoms with Gasteiger partial charge in [-0.1, -0.05) is 19.8 Å². The molecule has 2 fully saturated rings. The Balaban J connectivity index is 1.49. The molecule has 5 heteroatoms. The number of hydrogen-bond acceptors (Lipinski definition) is 5. The van der Waals surface area contributed by atoms with Gasteiger partial charge in [-0.2, -0.15) is 0 Å². The predicted molar refractivity (Wildman–Crippen MR) is 94.9 cm³/mol. The highest BCUT2D eigenvalue weighted by atomic mass is 16.5. The average molecular weight is 344 g/mol. The summed E-state index contributed by atoms with van der Waals surface area (Å²) in [4.78, 5) is 2.09. The molecule has 0 bridgehead atoms. The zero-order valence-corrected chi connectivity index (χ0v) is 15.4. The van der Waals surface area contributed by atoms with E-state index >= 15 is 0 Å². The van der Waals surface area contributed by atoms with Crippen LogP contribution >= 0.6 is 0 Å². The first kappa shape index (κ1) is 20.1. The normalized spacial score (nSPS) is 38.4. The van der Waals surface area contributed by atoms with Crippen molar-refractivity contribution in [1.29, 1.82) is 0 Å². The molecule has 1 aliphatic carbocycles. The molecule has 0 radical (unpaired) electrons. The van der Waals surface area contributed by atoms with E-state index in [0.717, 1.165) is 38.3 Å². The number of likely N-dealkylation sites (tertiary alicyclic amines) is 1. The van der Waals surface area contributed by atoms with Crippen molar-refractivity contribution < 1.29 is 20.1 Å². The topological polar surface area (TPSA) is 73.2 Å². The van der Waals surface area contributed by atoms with Gasteiger partial charge in [-0.3, -0.25) is 4.90 Å². The number of piperidine rings is 1. The van der Waals surface area contributed by atoms with Gasteiger partial charge in [-0.15, -0.1) is 0 Å². The molecule has 0 aromatic carbocycles. The van der Waals surface area contributed by atoms with Crippen LogP contribution in [-0.4, -0.2) is 70.4 Å². The molecule has 0 aromatic heterocycles. The lowest BCUT2D eigenvalue weighted by molar-refractivity contribution is -0.133. The summed E-state index contributed by atoms with van der Waals surface area (Å²) in [5.74, 6) is 0.875. The standard InChI is InChI=1S/C19H37NO4/c1-14-7-9-16(10-8-14)24-12-6-4-3-5-11-20-13-17(21)19(23)18(22)15(20)2/h14-19,21-23H,3-13H2,1-2H3. The first-order valence-corrected chi connectivity index (χ1v) is 9.89. The number of hydrogen-bond donors (Lipinski definition) is 3. The number of unbranched alkanes of at least 4 members (excludes halogenated alkanes) is 3. The van der Waals surface area contributed by atoms with Crippen molar-refractivity contribution in [3.8, 4) is 0 Å². The number of ether oxygens (including phenoxy) is 1. The van der Waals surface area contributed by atoms with Crippen LogP contribution in [0.2, 0.25) is 0 Å². The maximum atomic E-state index is 9.93. The zero-order chi connectivity index (χ0) is 17.5. The molecule has 142 valence electrons. The minimum absolute atomic E-state index is 0.0968. The molecule has 24 heavy (non-hydrogen) atoms. The van der Waals surface area contributed by atoms with E-state index in [0.29, 0.717) is 12.6 Å². The third-order valence-corrected chi connectivity index (χ3v) is 5.89. The molecule has 0 amide bonds. The Morgan fingerprint density at radius 2 is 1.54 bits per heavy atom. The molecule has 2 aliphatic rings. The first-order valence-electron chi connectivity index (χ1n) is 9.89. The summed E-state index contributed by atoms with van der Waals surface area (Å²) in [5, 5.41) is 29.4. The third kappa shape index (κ3) is 5.95. The van der Waals surface area contributed by atoms with Crippen molar-refractivity contribution in [3.63, 3.8) is 0 Å². The fraction of sp³-hybridized carbons (Fsp3) is 1.00. The number of aliphatic hydroxyl groups is 3. The van der Waals surface area contributed by atoms with Gasteiger partial charge in [0.2, 0.25) is 0 Å². The molecule has 0 aromatic rings. The van der Waals surface area contributed by atoms with Gasteiger partial charge in [-0.05, 0) is 57.9 Å². The quantitative estimate of drug-likeness (QED) is 0.587. The van der Waals surface area contributed by atoms with Crippen molar-refractivity contribution >= 4 is 0 Å². The van der Waals surface area contributed by atoms with E-state index in [1.54, 1.807) is 0 Å². The number of β-amino-alcohol motifs (C(OH)–C–C–N with tert-alkyl or cyclic N) is 1. The Hall–Kier alpha value is -0.200. The van der Waals surface area contributed by atoms with Crippen LogP contribution in [0.1, 0.15) is 65.2 Å². The van der Waals surface area contributed by atoms with Crippen molar-refractivity contribution in [1.82, 2.24) is 4.90 Å². The van der Waals surface area contributed by atoms with E-state index in [4.69, 9.17) is 4.74 Å². The Morgan fingerprint density at radius 3 is 2.25 bits per heavy atom. The van der Waals surface area contributed by atoms with Gasteiger partial charge in [0.25, 0.3) is 0 Å². The maximum absolute atomic E-state index is 9.93. The Morgan fingerprint density at radius 1 is 0.875 bits per heavy atom. The molecule has 3 N–H and O–H groups in total. The van der Waals surface area contributed by atoms with Crippen LogP contribution in [0.15, 0.2) is 0 Å². The van der Waals surface area contributed by atoms with E-state index in [9.17, 15) is 15.3 Å². The van der Waals surface area contributed by atoms with Crippen molar-refractivity contribution in [2.75, 3.05) is 19.7 Å². The van der Waals surface area contributed by atoms with E-state index in [1.165, 1.54) is 32.1 Å². The van der Waals surface area contributed by atoms with Crippen LogP contribution in [-0.2, 0) is 4.74 Å². The van der Waals surface area contributed by atoms with E-state index in [-0.39, 0.29) is 6.04 Å². The molecule has 1 saturated heterocycles. The highest BCUT2D eigenvalue weighted by Gasteiger charge is 2.38. The molecule has 1 saturated carbocycles.